The fourth-order valence-electron chi connectivity index (χ4n) is 2.21. The molecule has 0 heterocycles. The molecule has 0 aromatic heterocycles. The molecule has 2 aliphatic rings. The molecule has 0 radical (unpaired) electrons. The predicted octanol–water partition coefficient (Wildman–Crippen LogP) is 0.775. The van der Waals surface area contributed by atoms with Crippen LogP contribution in [0.5, 0.6) is 0 Å². The fourth-order valence-corrected chi connectivity index (χ4v) is 2.21. The van der Waals surface area contributed by atoms with E-state index in [0.29, 0.717) is 18.9 Å². The van der Waals surface area contributed by atoms with E-state index in [1.807, 2.05) is 0 Å². The molecule has 0 amide bonds. The summed E-state index contributed by atoms with van der Waals surface area (Å²) in [5.74, 6) is 0.380. The monoisotopic (exact) mass is 168 g/mol. The van der Waals surface area contributed by atoms with Gasteiger partial charge in [-0.3, -0.25) is 9.59 Å². The lowest BCUT2D eigenvalue weighted by molar-refractivity contribution is -0.146. The average molecular weight is 168 g/mol. The lowest BCUT2D eigenvalue weighted by Gasteiger charge is -2.01. The van der Waals surface area contributed by atoms with Gasteiger partial charge in [-0.15, -0.1) is 0 Å². The number of ketones is 1. The molecule has 2 fully saturated rings. The number of hydrogen-bond acceptors (Lipinski definition) is 3. The summed E-state index contributed by atoms with van der Waals surface area (Å²) < 4.78 is 4.86. The Morgan fingerprint density at radius 1 is 1.67 bits per heavy atom. The zero-order valence-corrected chi connectivity index (χ0v) is 7.08. The Bertz CT molecular complexity index is 234. The van der Waals surface area contributed by atoms with Crippen molar-refractivity contribution in [2.75, 3.05) is 6.61 Å². The van der Waals surface area contributed by atoms with Crippen LogP contribution in [0.3, 0.4) is 0 Å². The molecule has 2 aliphatic carbocycles. The minimum absolute atomic E-state index is 0.0315. The molecule has 3 heteroatoms. The lowest BCUT2D eigenvalue weighted by atomic mass is 10.1. The summed E-state index contributed by atoms with van der Waals surface area (Å²) >= 11 is 0. The van der Waals surface area contributed by atoms with Crippen molar-refractivity contribution in [1.29, 1.82) is 0 Å². The normalized spacial score (nSPS) is 37.8. The predicted molar refractivity (Wildman–Crippen MR) is 41.3 cm³/mol. The average Bonchev–Trinajstić information content (AvgIpc) is 2.65. The topological polar surface area (TPSA) is 43.4 Å². The van der Waals surface area contributed by atoms with Crippen LogP contribution in [0.1, 0.15) is 19.8 Å². The molecule has 66 valence electrons. The molecular formula is C9H12O3. The Hall–Kier alpha value is -0.860. The first-order chi connectivity index (χ1) is 5.75. The minimum atomic E-state index is -0.166. The van der Waals surface area contributed by atoms with E-state index in [0.717, 1.165) is 6.42 Å². The number of ether oxygens (including phenoxy) is 1. The molecule has 0 aromatic carbocycles. The van der Waals surface area contributed by atoms with Crippen LogP contribution in [0, 0.1) is 17.8 Å². The van der Waals surface area contributed by atoms with Crippen molar-refractivity contribution in [2.24, 2.45) is 17.8 Å². The molecule has 0 spiro atoms. The second-order valence-corrected chi connectivity index (χ2v) is 3.47. The molecule has 2 saturated carbocycles. The Morgan fingerprint density at radius 3 is 2.92 bits per heavy atom. The highest BCUT2D eigenvalue weighted by Crippen LogP contribution is 2.55. The van der Waals surface area contributed by atoms with Crippen molar-refractivity contribution in [3.05, 3.63) is 0 Å². The number of Topliss-reactive ketones (excluding diaryl/α,β-unsaturated/α-hetero) is 1. The summed E-state index contributed by atoms with van der Waals surface area (Å²) in [5, 5.41) is 0. The first-order valence-corrected chi connectivity index (χ1v) is 4.45. The first-order valence-electron chi connectivity index (χ1n) is 4.45. The van der Waals surface area contributed by atoms with Crippen molar-refractivity contribution in [3.8, 4) is 0 Å². The molecule has 12 heavy (non-hydrogen) atoms. The summed E-state index contributed by atoms with van der Waals surface area (Å²) in [4.78, 5) is 22.3. The number of carbonyl (C=O) groups is 2. The van der Waals surface area contributed by atoms with Gasteiger partial charge in [-0.25, -0.2) is 0 Å². The second kappa shape index (κ2) is 2.57. The maximum atomic E-state index is 11.2. The molecular weight excluding hydrogens is 156 g/mol. The molecule has 3 unspecified atom stereocenters. The zero-order valence-electron chi connectivity index (χ0n) is 7.08. The highest BCUT2D eigenvalue weighted by atomic mass is 16.5. The smallest absolute Gasteiger partial charge is 0.309 e. The maximum absolute atomic E-state index is 11.2. The molecule has 0 N–H and O–H groups in total. The molecule has 0 saturated heterocycles. The van der Waals surface area contributed by atoms with Gasteiger partial charge in [0.2, 0.25) is 0 Å². The maximum Gasteiger partial charge on any atom is 0.309 e. The van der Waals surface area contributed by atoms with Gasteiger partial charge in [-0.2, -0.15) is 0 Å². The number of hydrogen-bond donors (Lipinski definition) is 0. The van der Waals surface area contributed by atoms with Gasteiger partial charge < -0.3 is 4.74 Å². The van der Waals surface area contributed by atoms with Crippen molar-refractivity contribution in [2.45, 2.75) is 19.8 Å². The lowest BCUT2D eigenvalue weighted by Crippen LogP contribution is -2.12. The third-order valence-corrected chi connectivity index (χ3v) is 2.82. The number of fused-ring (bicyclic) bond motifs is 1. The molecule has 3 nitrogen and oxygen atoms in total. The van der Waals surface area contributed by atoms with Crippen LogP contribution in [0.25, 0.3) is 0 Å². The largest absolute Gasteiger partial charge is 0.466 e. The first kappa shape index (κ1) is 7.77. The third kappa shape index (κ3) is 0.958. The van der Waals surface area contributed by atoms with E-state index >= 15 is 0 Å². The van der Waals surface area contributed by atoms with Gasteiger partial charge in [0.25, 0.3) is 0 Å². The van der Waals surface area contributed by atoms with Crippen molar-refractivity contribution >= 4 is 11.8 Å². The van der Waals surface area contributed by atoms with Crippen molar-refractivity contribution in [1.82, 2.24) is 0 Å². The van der Waals surface area contributed by atoms with Gasteiger partial charge in [0.05, 0.1) is 12.5 Å². The van der Waals surface area contributed by atoms with E-state index in [1.54, 1.807) is 6.92 Å². The van der Waals surface area contributed by atoms with Crippen LogP contribution >= 0.6 is 0 Å². The summed E-state index contributed by atoms with van der Waals surface area (Å²) in [6.45, 7) is 2.21. The SMILES string of the molecule is CCOC(=O)C1C2CCC(=O)C21. The van der Waals surface area contributed by atoms with E-state index < -0.39 is 0 Å². The Kier molecular flexibility index (Phi) is 1.67. The van der Waals surface area contributed by atoms with E-state index in [-0.39, 0.29) is 23.6 Å². The number of rotatable bonds is 2. The van der Waals surface area contributed by atoms with Gasteiger partial charge in [0.1, 0.15) is 5.78 Å². The highest BCUT2D eigenvalue weighted by Gasteiger charge is 2.62. The molecule has 0 aliphatic heterocycles. The van der Waals surface area contributed by atoms with Gasteiger partial charge in [-0.1, -0.05) is 0 Å². The van der Waals surface area contributed by atoms with Gasteiger partial charge in [0.15, 0.2) is 0 Å². The zero-order chi connectivity index (χ0) is 8.72. The van der Waals surface area contributed by atoms with Crippen LogP contribution in [-0.4, -0.2) is 18.4 Å². The number of carbonyl (C=O) groups excluding carboxylic acids is 2. The number of esters is 1. The van der Waals surface area contributed by atoms with Crippen molar-refractivity contribution in [3.63, 3.8) is 0 Å². The van der Waals surface area contributed by atoms with E-state index in [4.69, 9.17) is 4.74 Å². The summed E-state index contributed by atoms with van der Waals surface area (Å²) in [5.41, 5.74) is 0. The van der Waals surface area contributed by atoms with E-state index in [1.165, 1.54) is 0 Å². The van der Waals surface area contributed by atoms with Gasteiger partial charge in [-0.05, 0) is 19.3 Å². The highest BCUT2D eigenvalue weighted by molar-refractivity contribution is 5.94. The van der Waals surface area contributed by atoms with E-state index in [2.05, 4.69) is 0 Å². The Morgan fingerprint density at radius 2 is 2.42 bits per heavy atom. The van der Waals surface area contributed by atoms with Crippen LogP contribution in [0.4, 0.5) is 0 Å². The van der Waals surface area contributed by atoms with Crippen LogP contribution < -0.4 is 0 Å². The summed E-state index contributed by atoms with van der Waals surface area (Å²) in [7, 11) is 0. The standard InChI is InChI=1S/C9H12O3/c1-2-12-9(11)8-5-3-4-6(10)7(5)8/h5,7-8H,2-4H2,1H3. The Labute approximate surface area is 71.1 Å². The van der Waals surface area contributed by atoms with Crippen LogP contribution in [-0.2, 0) is 14.3 Å². The van der Waals surface area contributed by atoms with Crippen molar-refractivity contribution < 1.29 is 14.3 Å². The van der Waals surface area contributed by atoms with Gasteiger partial charge >= 0.3 is 5.97 Å². The Balaban J connectivity index is 1.94. The van der Waals surface area contributed by atoms with E-state index in [9.17, 15) is 9.59 Å². The molecule has 0 aromatic rings. The summed E-state index contributed by atoms with van der Waals surface area (Å²) in [6.07, 6.45) is 1.57. The van der Waals surface area contributed by atoms with Crippen LogP contribution in [0.2, 0.25) is 0 Å². The quantitative estimate of drug-likeness (QED) is 0.572. The molecule has 2 rings (SSSR count). The minimum Gasteiger partial charge on any atom is -0.466 e. The third-order valence-electron chi connectivity index (χ3n) is 2.82. The molecule has 3 atom stereocenters. The summed E-state index contributed by atoms with van der Waals surface area (Å²) in [6, 6.07) is 0. The molecule has 0 bridgehead atoms. The fraction of sp³-hybridized carbons (Fsp3) is 0.778. The van der Waals surface area contributed by atoms with Crippen LogP contribution in [0.15, 0.2) is 0 Å². The van der Waals surface area contributed by atoms with Gasteiger partial charge in [0, 0.05) is 12.3 Å². The second-order valence-electron chi connectivity index (χ2n) is 3.47.